The number of esters is 1. The second kappa shape index (κ2) is 9.02. The molecule has 3 rings (SSSR count). The molecule has 156 valence electrons. The number of rotatable bonds is 6. The number of hydrogen-bond acceptors (Lipinski definition) is 5. The van der Waals surface area contributed by atoms with Gasteiger partial charge in [-0.25, -0.2) is 17.6 Å². The first-order valence-electron chi connectivity index (χ1n) is 9.59. The number of nitrogens with zero attached hydrogens (tertiary/aromatic N) is 2. The van der Waals surface area contributed by atoms with Gasteiger partial charge in [0.15, 0.2) is 0 Å². The van der Waals surface area contributed by atoms with Crippen molar-refractivity contribution >= 4 is 16.0 Å². The lowest BCUT2D eigenvalue weighted by Crippen LogP contribution is -2.49. The highest BCUT2D eigenvalue weighted by atomic mass is 32.2. The summed E-state index contributed by atoms with van der Waals surface area (Å²) in [5.41, 5.74) is 1.32. The summed E-state index contributed by atoms with van der Waals surface area (Å²) >= 11 is 0. The Balaban J connectivity index is 1.64. The van der Waals surface area contributed by atoms with Crippen molar-refractivity contribution in [3.63, 3.8) is 0 Å². The van der Waals surface area contributed by atoms with Crippen LogP contribution in [-0.2, 0) is 14.8 Å². The summed E-state index contributed by atoms with van der Waals surface area (Å²) in [6.07, 6.45) is 0. The van der Waals surface area contributed by atoms with Crippen LogP contribution in [0, 0.1) is 5.82 Å². The van der Waals surface area contributed by atoms with Crippen LogP contribution in [0.5, 0.6) is 0 Å². The van der Waals surface area contributed by atoms with Crippen molar-refractivity contribution in [3.05, 3.63) is 65.5 Å². The fourth-order valence-electron chi connectivity index (χ4n) is 3.41. The van der Waals surface area contributed by atoms with E-state index in [0.717, 1.165) is 5.56 Å². The van der Waals surface area contributed by atoms with Crippen molar-refractivity contribution in [2.45, 2.75) is 24.8 Å². The Morgan fingerprint density at radius 2 is 1.62 bits per heavy atom. The SMILES string of the molecule is CCOC(=O)c1ccc(S(=O)(=O)N2CCN([C@@H](C)c3ccc(F)cc3)CC2)cc1. The van der Waals surface area contributed by atoms with E-state index in [2.05, 4.69) is 4.90 Å². The van der Waals surface area contributed by atoms with Gasteiger partial charge in [0.1, 0.15) is 5.82 Å². The highest BCUT2D eigenvalue weighted by Gasteiger charge is 2.30. The number of sulfonamides is 1. The summed E-state index contributed by atoms with van der Waals surface area (Å²) in [5.74, 6) is -0.745. The van der Waals surface area contributed by atoms with Gasteiger partial charge in [-0.15, -0.1) is 0 Å². The minimum Gasteiger partial charge on any atom is -0.462 e. The number of halogens is 1. The first kappa shape index (κ1) is 21.4. The molecule has 2 aromatic rings. The van der Waals surface area contributed by atoms with E-state index in [9.17, 15) is 17.6 Å². The predicted octanol–water partition coefficient (Wildman–Crippen LogP) is 3.07. The summed E-state index contributed by atoms with van der Waals surface area (Å²) in [5, 5.41) is 0. The zero-order valence-corrected chi connectivity index (χ0v) is 17.4. The number of benzene rings is 2. The van der Waals surface area contributed by atoms with Crippen LogP contribution >= 0.6 is 0 Å². The maximum atomic E-state index is 13.1. The monoisotopic (exact) mass is 420 g/mol. The molecular formula is C21H25FN2O4S. The van der Waals surface area contributed by atoms with Gasteiger partial charge in [-0.3, -0.25) is 4.90 Å². The zero-order valence-electron chi connectivity index (χ0n) is 16.5. The lowest BCUT2D eigenvalue weighted by Gasteiger charge is -2.37. The van der Waals surface area contributed by atoms with Crippen LogP contribution in [0.3, 0.4) is 0 Å². The van der Waals surface area contributed by atoms with Crippen LogP contribution in [0.1, 0.15) is 35.8 Å². The van der Waals surface area contributed by atoms with Crippen LogP contribution in [0.2, 0.25) is 0 Å². The molecule has 0 N–H and O–H groups in total. The first-order chi connectivity index (χ1) is 13.8. The number of hydrogen-bond donors (Lipinski definition) is 0. The van der Waals surface area contributed by atoms with Gasteiger partial charge >= 0.3 is 5.97 Å². The van der Waals surface area contributed by atoms with Crippen LogP contribution < -0.4 is 0 Å². The Morgan fingerprint density at radius 3 is 2.17 bits per heavy atom. The van der Waals surface area contributed by atoms with Gasteiger partial charge in [0.05, 0.1) is 17.1 Å². The normalized spacial score (nSPS) is 17.1. The third-order valence-electron chi connectivity index (χ3n) is 5.18. The molecule has 0 aliphatic carbocycles. The molecule has 0 aromatic heterocycles. The fourth-order valence-corrected chi connectivity index (χ4v) is 4.83. The first-order valence-corrected chi connectivity index (χ1v) is 11.0. The highest BCUT2D eigenvalue weighted by Crippen LogP contribution is 2.24. The molecule has 29 heavy (non-hydrogen) atoms. The van der Waals surface area contributed by atoms with Gasteiger partial charge in [0.25, 0.3) is 0 Å². The highest BCUT2D eigenvalue weighted by molar-refractivity contribution is 7.89. The molecular weight excluding hydrogens is 395 g/mol. The number of ether oxygens (including phenoxy) is 1. The van der Waals surface area contributed by atoms with Crippen LogP contribution in [-0.4, -0.2) is 56.4 Å². The summed E-state index contributed by atoms with van der Waals surface area (Å²) in [7, 11) is -3.63. The molecule has 1 aliphatic heterocycles. The topological polar surface area (TPSA) is 66.9 Å². The summed E-state index contributed by atoms with van der Waals surface area (Å²) in [4.78, 5) is 14.1. The standard InChI is InChI=1S/C21H25FN2O4S/c1-3-28-21(25)18-6-10-20(11-7-18)29(26,27)24-14-12-23(13-15-24)16(2)17-4-8-19(22)9-5-17/h4-11,16H,3,12-15H2,1-2H3/t16-/m0/s1. The molecule has 2 aromatic carbocycles. The van der Waals surface area contributed by atoms with Crippen LogP contribution in [0.15, 0.2) is 53.4 Å². The van der Waals surface area contributed by atoms with Gasteiger partial charge in [0.2, 0.25) is 10.0 Å². The van der Waals surface area contributed by atoms with E-state index in [1.54, 1.807) is 19.1 Å². The minimum absolute atomic E-state index is 0.0734. The Bertz CT molecular complexity index is 938. The van der Waals surface area contributed by atoms with Crippen molar-refractivity contribution in [2.75, 3.05) is 32.8 Å². The van der Waals surface area contributed by atoms with E-state index < -0.39 is 16.0 Å². The molecule has 1 atom stereocenters. The molecule has 6 nitrogen and oxygen atoms in total. The molecule has 8 heteroatoms. The number of carbonyl (C=O) groups excluding carboxylic acids is 1. The van der Waals surface area contributed by atoms with E-state index in [4.69, 9.17) is 4.74 Å². The maximum absolute atomic E-state index is 13.1. The second-order valence-corrected chi connectivity index (χ2v) is 8.85. The Morgan fingerprint density at radius 1 is 1.03 bits per heavy atom. The summed E-state index contributed by atoms with van der Waals surface area (Å²) in [6, 6.07) is 12.3. The minimum atomic E-state index is -3.63. The van der Waals surface area contributed by atoms with Crippen molar-refractivity contribution in [1.82, 2.24) is 9.21 Å². The summed E-state index contributed by atoms with van der Waals surface area (Å²) in [6.45, 7) is 5.91. The molecule has 0 saturated carbocycles. The second-order valence-electron chi connectivity index (χ2n) is 6.91. The summed E-state index contributed by atoms with van der Waals surface area (Å²) < 4.78 is 45.4. The lowest BCUT2D eigenvalue weighted by molar-refractivity contribution is 0.0526. The molecule has 0 spiro atoms. The molecule has 1 saturated heterocycles. The van der Waals surface area contributed by atoms with Gasteiger partial charge < -0.3 is 4.74 Å². The average Bonchev–Trinajstić information content (AvgIpc) is 2.74. The molecule has 1 fully saturated rings. The van der Waals surface area contributed by atoms with Gasteiger partial charge in [-0.1, -0.05) is 12.1 Å². The molecule has 0 unspecified atom stereocenters. The van der Waals surface area contributed by atoms with Gasteiger partial charge in [-0.2, -0.15) is 4.31 Å². The zero-order chi connectivity index (χ0) is 21.0. The van der Waals surface area contributed by atoms with Crippen molar-refractivity contribution in [1.29, 1.82) is 0 Å². The van der Waals surface area contributed by atoms with Crippen LogP contribution in [0.4, 0.5) is 4.39 Å². The Labute approximate surface area is 170 Å². The number of carbonyl (C=O) groups is 1. The predicted molar refractivity (Wildman–Crippen MR) is 108 cm³/mol. The number of piperazine rings is 1. The molecule has 1 heterocycles. The molecule has 0 radical (unpaired) electrons. The van der Waals surface area contributed by atoms with Crippen molar-refractivity contribution in [3.8, 4) is 0 Å². The van der Waals surface area contributed by atoms with E-state index in [0.29, 0.717) is 31.7 Å². The van der Waals surface area contributed by atoms with E-state index in [1.165, 1.54) is 40.7 Å². The Kier molecular flexibility index (Phi) is 6.66. The molecule has 0 amide bonds. The van der Waals surface area contributed by atoms with Crippen LogP contribution in [0.25, 0.3) is 0 Å². The third-order valence-corrected chi connectivity index (χ3v) is 7.09. The quantitative estimate of drug-likeness (QED) is 0.672. The smallest absolute Gasteiger partial charge is 0.338 e. The average molecular weight is 421 g/mol. The largest absolute Gasteiger partial charge is 0.462 e. The van der Waals surface area contributed by atoms with Gasteiger partial charge in [-0.05, 0) is 55.8 Å². The maximum Gasteiger partial charge on any atom is 0.338 e. The Hall–Kier alpha value is -2.29. The van der Waals surface area contributed by atoms with E-state index >= 15 is 0 Å². The van der Waals surface area contributed by atoms with Gasteiger partial charge in [0, 0.05) is 32.2 Å². The fraction of sp³-hybridized carbons (Fsp3) is 0.381. The lowest BCUT2D eigenvalue weighted by atomic mass is 10.1. The third kappa shape index (κ3) is 4.83. The molecule has 1 aliphatic rings. The van der Waals surface area contributed by atoms with E-state index in [1.807, 2.05) is 6.92 Å². The van der Waals surface area contributed by atoms with Crippen molar-refractivity contribution < 1.29 is 22.3 Å². The molecule has 0 bridgehead atoms. The van der Waals surface area contributed by atoms with Crippen molar-refractivity contribution in [2.24, 2.45) is 0 Å². The van der Waals surface area contributed by atoms with E-state index in [-0.39, 0.29) is 23.4 Å².